The van der Waals surface area contributed by atoms with Crippen LogP contribution in [-0.4, -0.2) is 71.6 Å². The Morgan fingerprint density at radius 2 is 1.92 bits per heavy atom. The van der Waals surface area contributed by atoms with Gasteiger partial charge in [0.25, 0.3) is 0 Å². The third-order valence-electron chi connectivity index (χ3n) is 7.47. The van der Waals surface area contributed by atoms with Crippen molar-refractivity contribution in [2.75, 3.05) is 40.3 Å². The number of hydrazone groups is 1. The fraction of sp³-hybridized carbons (Fsp3) is 0.444. The number of rotatable bonds is 5. The van der Waals surface area contributed by atoms with E-state index in [0.717, 1.165) is 74.4 Å². The number of carboxylic acid groups (broad SMARTS) is 1. The number of methoxy groups -OCH3 is 1. The number of carboxylic acids is 1. The minimum absolute atomic E-state index is 0.189. The molecule has 1 saturated heterocycles. The molecule has 1 aliphatic heterocycles. The molecule has 8 nitrogen and oxygen atoms in total. The third-order valence-corrected chi connectivity index (χ3v) is 8.69. The third kappa shape index (κ3) is 4.00. The minimum atomic E-state index is -1.20. The van der Waals surface area contributed by atoms with Gasteiger partial charge in [-0.05, 0) is 57.4 Å². The van der Waals surface area contributed by atoms with Crippen LogP contribution in [0.1, 0.15) is 52.5 Å². The highest BCUT2D eigenvalue weighted by molar-refractivity contribution is 7.16. The van der Waals surface area contributed by atoms with Crippen molar-refractivity contribution in [3.63, 3.8) is 0 Å². The zero-order valence-corrected chi connectivity index (χ0v) is 21.4. The molecule has 6 rings (SSSR count). The van der Waals surface area contributed by atoms with Crippen molar-refractivity contribution in [3.8, 4) is 16.2 Å². The summed E-state index contributed by atoms with van der Waals surface area (Å²) in [6, 6.07) is 6.08. The summed E-state index contributed by atoms with van der Waals surface area (Å²) in [6.07, 6.45) is 6.52. The highest BCUT2D eigenvalue weighted by atomic mass is 32.1. The standard InChI is InChI=1S/C27H30N4O4S/c1-29-10-12-30(13-11-29)28-21-4-3-5-22-19(21)14-23(36-22)17-8-9-18-24(26(17)35-2)31(16-6-7-16)15-20(25(18)32)27(33)34/h8-9,14-16H,3-7,10-13H2,1-2H3,(H,33,34)/b28-21-. The smallest absolute Gasteiger partial charge is 0.341 e. The van der Waals surface area contributed by atoms with E-state index >= 15 is 0 Å². The maximum absolute atomic E-state index is 13.0. The van der Waals surface area contributed by atoms with Gasteiger partial charge >= 0.3 is 5.97 Å². The molecule has 3 aliphatic rings. The van der Waals surface area contributed by atoms with E-state index in [1.165, 1.54) is 16.6 Å². The van der Waals surface area contributed by atoms with Crippen molar-refractivity contribution in [3.05, 3.63) is 50.6 Å². The van der Waals surface area contributed by atoms with Crippen molar-refractivity contribution in [2.45, 2.75) is 38.1 Å². The molecule has 1 saturated carbocycles. The lowest BCUT2D eigenvalue weighted by Crippen LogP contribution is -2.42. The van der Waals surface area contributed by atoms with E-state index in [2.05, 4.69) is 23.0 Å². The first-order valence-corrected chi connectivity index (χ1v) is 13.4. The van der Waals surface area contributed by atoms with Gasteiger partial charge in [-0.2, -0.15) is 5.10 Å². The second kappa shape index (κ2) is 9.05. The number of hydrogen-bond acceptors (Lipinski definition) is 7. The lowest BCUT2D eigenvalue weighted by atomic mass is 9.96. The van der Waals surface area contributed by atoms with Gasteiger partial charge in [-0.3, -0.25) is 9.80 Å². The molecule has 0 bridgehead atoms. The number of hydrogen-bond donors (Lipinski definition) is 1. The Bertz CT molecular complexity index is 1440. The molecule has 9 heteroatoms. The van der Waals surface area contributed by atoms with E-state index in [4.69, 9.17) is 9.84 Å². The van der Waals surface area contributed by atoms with Crippen molar-refractivity contribution >= 4 is 33.9 Å². The van der Waals surface area contributed by atoms with Crippen LogP contribution in [0, 0.1) is 0 Å². The van der Waals surface area contributed by atoms with E-state index in [1.807, 2.05) is 10.6 Å². The van der Waals surface area contributed by atoms with Crippen LogP contribution in [0.2, 0.25) is 0 Å². The van der Waals surface area contributed by atoms with Crippen LogP contribution >= 0.6 is 11.3 Å². The predicted octanol–water partition coefficient (Wildman–Crippen LogP) is 4.06. The summed E-state index contributed by atoms with van der Waals surface area (Å²) in [5, 5.41) is 17.2. The molecule has 2 aromatic heterocycles. The van der Waals surface area contributed by atoms with Crippen LogP contribution in [0.5, 0.6) is 5.75 Å². The van der Waals surface area contributed by atoms with E-state index < -0.39 is 11.4 Å². The fourth-order valence-corrected chi connectivity index (χ4v) is 6.57. The van der Waals surface area contributed by atoms with Gasteiger partial charge in [0.15, 0.2) is 5.75 Å². The molecule has 0 amide bonds. The summed E-state index contributed by atoms with van der Waals surface area (Å²) in [5.74, 6) is -0.568. The van der Waals surface area contributed by atoms with Crippen LogP contribution in [0.15, 0.2) is 34.3 Å². The van der Waals surface area contributed by atoms with E-state index in [1.54, 1.807) is 24.5 Å². The first kappa shape index (κ1) is 23.2. The van der Waals surface area contributed by atoms with Gasteiger partial charge in [0.05, 0.1) is 23.7 Å². The van der Waals surface area contributed by atoms with Gasteiger partial charge in [-0.25, -0.2) is 4.79 Å². The average Bonchev–Trinajstić information content (AvgIpc) is 3.62. The summed E-state index contributed by atoms with van der Waals surface area (Å²) in [5.41, 5.74) is 3.34. The van der Waals surface area contributed by atoms with Crippen molar-refractivity contribution in [1.29, 1.82) is 0 Å². The largest absolute Gasteiger partial charge is 0.494 e. The second-order valence-electron chi connectivity index (χ2n) is 9.96. The number of pyridine rings is 1. The van der Waals surface area contributed by atoms with E-state index in [9.17, 15) is 14.7 Å². The average molecular weight is 507 g/mol. The Morgan fingerprint density at radius 3 is 2.61 bits per heavy atom. The predicted molar refractivity (Wildman–Crippen MR) is 142 cm³/mol. The van der Waals surface area contributed by atoms with Crippen LogP contribution in [0.4, 0.5) is 0 Å². The lowest BCUT2D eigenvalue weighted by molar-refractivity contribution is 0.0695. The van der Waals surface area contributed by atoms with Crippen molar-refractivity contribution < 1.29 is 14.6 Å². The number of piperazine rings is 1. The quantitative estimate of drug-likeness (QED) is 0.562. The Hall–Kier alpha value is -3.17. The summed E-state index contributed by atoms with van der Waals surface area (Å²) in [4.78, 5) is 29.5. The van der Waals surface area contributed by atoms with Crippen molar-refractivity contribution in [2.24, 2.45) is 5.10 Å². The molecule has 0 atom stereocenters. The summed E-state index contributed by atoms with van der Waals surface area (Å²) < 4.78 is 7.87. The number of fused-ring (bicyclic) bond motifs is 2. The van der Waals surface area contributed by atoms with E-state index in [0.29, 0.717) is 16.7 Å². The molecule has 2 fully saturated rings. The summed E-state index contributed by atoms with van der Waals surface area (Å²) >= 11 is 1.77. The van der Waals surface area contributed by atoms with Gasteiger partial charge < -0.3 is 19.3 Å². The second-order valence-corrected chi connectivity index (χ2v) is 11.1. The number of carbonyl (C=O) groups is 1. The molecule has 3 heterocycles. The monoisotopic (exact) mass is 506 g/mol. The maximum atomic E-state index is 13.0. The van der Waals surface area contributed by atoms with E-state index in [-0.39, 0.29) is 11.6 Å². The molecule has 0 unspecified atom stereocenters. The van der Waals surface area contributed by atoms with Crippen LogP contribution in [-0.2, 0) is 6.42 Å². The molecule has 3 aromatic rings. The topological polar surface area (TPSA) is 87.4 Å². The summed E-state index contributed by atoms with van der Waals surface area (Å²) in [7, 11) is 3.77. The molecular formula is C27H30N4O4S. The Labute approximate surface area is 213 Å². The van der Waals surface area contributed by atoms with Crippen LogP contribution in [0.25, 0.3) is 21.3 Å². The normalized spacial score (nSPS) is 19.6. The van der Waals surface area contributed by atoms with Gasteiger partial charge in [0.1, 0.15) is 5.56 Å². The van der Waals surface area contributed by atoms with Crippen molar-refractivity contribution in [1.82, 2.24) is 14.5 Å². The number of nitrogens with zero attached hydrogens (tertiary/aromatic N) is 4. The Kier molecular flexibility index (Phi) is 5.84. The molecule has 36 heavy (non-hydrogen) atoms. The zero-order chi connectivity index (χ0) is 25.0. The number of thiophene rings is 1. The van der Waals surface area contributed by atoms with Gasteiger partial charge in [0, 0.05) is 59.3 Å². The first-order valence-electron chi connectivity index (χ1n) is 12.6. The van der Waals surface area contributed by atoms with Gasteiger partial charge in [-0.1, -0.05) is 0 Å². The zero-order valence-electron chi connectivity index (χ0n) is 20.6. The number of benzene rings is 1. The highest BCUT2D eigenvalue weighted by Crippen LogP contribution is 2.45. The highest BCUT2D eigenvalue weighted by Gasteiger charge is 2.30. The lowest BCUT2D eigenvalue weighted by Gasteiger charge is -2.31. The van der Waals surface area contributed by atoms with Crippen LogP contribution in [0.3, 0.4) is 0 Å². The molecule has 1 aromatic carbocycles. The molecule has 0 radical (unpaired) electrons. The molecule has 1 N–H and O–H groups in total. The Morgan fingerprint density at radius 1 is 1.14 bits per heavy atom. The Balaban J connectivity index is 1.46. The van der Waals surface area contributed by atoms with Crippen LogP contribution < -0.4 is 10.2 Å². The summed E-state index contributed by atoms with van der Waals surface area (Å²) in [6.45, 7) is 3.95. The molecule has 2 aliphatic carbocycles. The number of aromatic nitrogens is 1. The molecule has 188 valence electrons. The first-order chi connectivity index (χ1) is 17.4. The number of ether oxygens (including phenoxy) is 1. The fourth-order valence-electron chi connectivity index (χ4n) is 5.32. The molecule has 0 spiro atoms. The van der Waals surface area contributed by atoms with Gasteiger partial charge in [-0.15, -0.1) is 11.3 Å². The maximum Gasteiger partial charge on any atom is 0.341 e. The number of likely N-dealkylation sites (N-methyl/N-ethyl adjacent to an activating group) is 1. The SMILES string of the molecule is COc1c(-c2cc3c(s2)CCC/C3=N/N2CCN(C)CC2)ccc2c(=O)c(C(=O)O)cn(C3CC3)c12. The molecular weight excluding hydrogens is 476 g/mol. The van der Waals surface area contributed by atoms with Gasteiger partial charge in [0.2, 0.25) is 5.43 Å². The number of aromatic carboxylic acids is 1. The minimum Gasteiger partial charge on any atom is -0.494 e. The number of aryl methyl sites for hydroxylation is 1.